The predicted molar refractivity (Wildman–Crippen MR) is 93.6 cm³/mol. The Bertz CT molecular complexity index is 510. The van der Waals surface area contributed by atoms with E-state index < -0.39 is 0 Å². The van der Waals surface area contributed by atoms with E-state index in [0.29, 0.717) is 18.5 Å². The molecule has 1 aliphatic rings. The molecule has 21 heavy (non-hydrogen) atoms. The topological polar surface area (TPSA) is 72.4 Å². The summed E-state index contributed by atoms with van der Waals surface area (Å²) in [5.41, 5.74) is 7.19. The Morgan fingerprint density at radius 3 is 2.71 bits per heavy atom. The van der Waals surface area contributed by atoms with Crippen LogP contribution in [0.5, 0.6) is 0 Å². The summed E-state index contributed by atoms with van der Waals surface area (Å²) in [6, 6.07) is 5.58. The fourth-order valence-corrected chi connectivity index (χ4v) is 4.11. The number of non-ortho nitro benzene ring substituents is 1. The lowest BCUT2D eigenvalue weighted by atomic mass is 9.83. The summed E-state index contributed by atoms with van der Waals surface area (Å²) >= 11 is 2.20. The number of nitro groups is 1. The molecule has 0 radical (unpaired) electrons. The van der Waals surface area contributed by atoms with Crippen LogP contribution in [0.4, 0.5) is 11.4 Å². The van der Waals surface area contributed by atoms with Crippen LogP contribution in [0.3, 0.4) is 0 Å². The quantitative estimate of drug-likeness (QED) is 0.464. The molecule has 0 aliphatic heterocycles. The number of nitrogens with two attached hydrogens (primary N) is 1. The fourth-order valence-electron chi connectivity index (χ4n) is 3.30. The van der Waals surface area contributed by atoms with E-state index in [1.807, 2.05) is 6.07 Å². The Labute approximate surface area is 139 Å². The Balaban J connectivity index is 2.30. The van der Waals surface area contributed by atoms with Crippen molar-refractivity contribution in [2.45, 2.75) is 38.6 Å². The van der Waals surface area contributed by atoms with Crippen LogP contribution in [0, 0.1) is 19.6 Å². The molecule has 1 aromatic carbocycles. The summed E-state index contributed by atoms with van der Waals surface area (Å²) in [6.45, 7) is 3.75. The van der Waals surface area contributed by atoms with Crippen LogP contribution in [-0.4, -0.2) is 24.1 Å². The van der Waals surface area contributed by atoms with E-state index in [1.54, 1.807) is 12.1 Å². The first-order valence-corrected chi connectivity index (χ1v) is 8.57. The number of hydrogen-bond acceptors (Lipinski definition) is 4. The van der Waals surface area contributed by atoms with E-state index in [1.165, 1.54) is 19.3 Å². The third-order valence-corrected chi connectivity index (χ3v) is 5.23. The summed E-state index contributed by atoms with van der Waals surface area (Å²) < 4.78 is 0.935. The number of halogens is 1. The van der Waals surface area contributed by atoms with Gasteiger partial charge in [0, 0.05) is 28.3 Å². The van der Waals surface area contributed by atoms with Crippen LogP contribution in [-0.2, 0) is 0 Å². The first kappa shape index (κ1) is 16.5. The smallest absolute Gasteiger partial charge is 0.270 e. The number of benzene rings is 1. The van der Waals surface area contributed by atoms with Crippen LogP contribution in [0.2, 0.25) is 0 Å². The number of anilines is 1. The average molecular weight is 403 g/mol. The molecule has 0 bridgehead atoms. The van der Waals surface area contributed by atoms with Crippen molar-refractivity contribution < 1.29 is 4.92 Å². The van der Waals surface area contributed by atoms with Gasteiger partial charge in [-0.05, 0) is 60.9 Å². The van der Waals surface area contributed by atoms with Gasteiger partial charge in [0.05, 0.1) is 10.6 Å². The van der Waals surface area contributed by atoms with Crippen LogP contribution < -0.4 is 10.6 Å². The van der Waals surface area contributed by atoms with Gasteiger partial charge in [0.2, 0.25) is 0 Å². The van der Waals surface area contributed by atoms with Crippen LogP contribution in [0.1, 0.15) is 32.6 Å². The number of hydrogen-bond donors (Lipinski definition) is 1. The Kier molecular flexibility index (Phi) is 5.80. The molecule has 6 heteroatoms. The van der Waals surface area contributed by atoms with Crippen LogP contribution in [0.25, 0.3) is 0 Å². The van der Waals surface area contributed by atoms with Gasteiger partial charge < -0.3 is 10.6 Å². The Morgan fingerprint density at radius 1 is 1.43 bits per heavy atom. The summed E-state index contributed by atoms with van der Waals surface area (Å²) in [5, 5.41) is 10.9. The lowest BCUT2D eigenvalue weighted by Crippen LogP contribution is -2.45. The maximum Gasteiger partial charge on any atom is 0.270 e. The molecule has 0 aromatic heterocycles. The van der Waals surface area contributed by atoms with Gasteiger partial charge in [0.25, 0.3) is 5.69 Å². The normalized spacial score (nSPS) is 22.0. The fraction of sp³-hybridized carbons (Fsp3) is 0.600. The molecule has 2 atom stereocenters. The first-order valence-electron chi connectivity index (χ1n) is 7.49. The third kappa shape index (κ3) is 3.66. The molecule has 1 saturated carbocycles. The SMILES string of the molecule is CCN(c1ccc([N+](=O)[O-])cc1I)C1CCCCC1CN. The molecule has 116 valence electrons. The second-order valence-electron chi connectivity index (χ2n) is 5.53. The zero-order chi connectivity index (χ0) is 15.4. The lowest BCUT2D eigenvalue weighted by Gasteiger charge is -2.41. The molecule has 2 N–H and O–H groups in total. The van der Waals surface area contributed by atoms with Gasteiger partial charge in [-0.2, -0.15) is 0 Å². The van der Waals surface area contributed by atoms with Gasteiger partial charge in [-0.3, -0.25) is 10.1 Å². The molecule has 0 heterocycles. The lowest BCUT2D eigenvalue weighted by molar-refractivity contribution is -0.384. The highest BCUT2D eigenvalue weighted by atomic mass is 127. The minimum atomic E-state index is -0.342. The second-order valence-corrected chi connectivity index (χ2v) is 6.69. The van der Waals surface area contributed by atoms with E-state index in [4.69, 9.17) is 5.73 Å². The van der Waals surface area contributed by atoms with Crippen molar-refractivity contribution in [2.75, 3.05) is 18.0 Å². The van der Waals surface area contributed by atoms with Gasteiger partial charge in [-0.1, -0.05) is 12.8 Å². The van der Waals surface area contributed by atoms with Crippen molar-refractivity contribution in [3.05, 3.63) is 31.9 Å². The zero-order valence-corrected chi connectivity index (χ0v) is 14.5. The van der Waals surface area contributed by atoms with Gasteiger partial charge in [-0.15, -0.1) is 0 Å². The van der Waals surface area contributed by atoms with E-state index in [0.717, 1.165) is 22.2 Å². The molecular weight excluding hydrogens is 381 g/mol. The third-order valence-electron chi connectivity index (χ3n) is 4.36. The van der Waals surface area contributed by atoms with Crippen molar-refractivity contribution in [3.63, 3.8) is 0 Å². The van der Waals surface area contributed by atoms with E-state index >= 15 is 0 Å². The molecule has 1 aromatic rings. The van der Waals surface area contributed by atoms with E-state index in [-0.39, 0.29) is 10.6 Å². The standard InChI is InChI=1S/C15H22IN3O2/c1-2-18(14-6-4-3-5-11(14)10-17)15-8-7-12(19(20)21)9-13(15)16/h7-9,11,14H,2-6,10,17H2,1H3. The maximum absolute atomic E-state index is 10.9. The Hall–Kier alpha value is -0.890. The molecule has 0 spiro atoms. The minimum Gasteiger partial charge on any atom is -0.368 e. The van der Waals surface area contributed by atoms with E-state index in [2.05, 4.69) is 34.4 Å². The highest BCUT2D eigenvalue weighted by molar-refractivity contribution is 14.1. The highest BCUT2D eigenvalue weighted by Crippen LogP contribution is 2.34. The van der Waals surface area contributed by atoms with Crippen molar-refractivity contribution in [1.82, 2.24) is 0 Å². The monoisotopic (exact) mass is 403 g/mol. The average Bonchev–Trinajstić information content (AvgIpc) is 2.49. The predicted octanol–water partition coefficient (Wildman–Crippen LogP) is 3.54. The zero-order valence-electron chi connectivity index (χ0n) is 12.3. The minimum absolute atomic E-state index is 0.151. The summed E-state index contributed by atoms with van der Waals surface area (Å²) in [6.07, 6.45) is 4.83. The molecule has 2 unspecified atom stereocenters. The van der Waals surface area contributed by atoms with E-state index in [9.17, 15) is 10.1 Å². The molecule has 2 rings (SSSR count). The second kappa shape index (κ2) is 7.40. The van der Waals surface area contributed by atoms with Crippen molar-refractivity contribution in [1.29, 1.82) is 0 Å². The first-order chi connectivity index (χ1) is 10.1. The highest BCUT2D eigenvalue weighted by Gasteiger charge is 2.29. The van der Waals surface area contributed by atoms with Crippen LogP contribution in [0.15, 0.2) is 18.2 Å². The van der Waals surface area contributed by atoms with Crippen molar-refractivity contribution in [3.8, 4) is 0 Å². The molecule has 1 fully saturated rings. The van der Waals surface area contributed by atoms with Crippen LogP contribution >= 0.6 is 22.6 Å². The summed E-state index contributed by atoms with van der Waals surface area (Å²) in [4.78, 5) is 12.9. The van der Waals surface area contributed by atoms with Crippen molar-refractivity contribution in [2.24, 2.45) is 11.7 Å². The maximum atomic E-state index is 10.9. The number of rotatable bonds is 5. The van der Waals surface area contributed by atoms with Gasteiger partial charge in [-0.25, -0.2) is 0 Å². The molecule has 0 amide bonds. The largest absolute Gasteiger partial charge is 0.368 e. The summed E-state index contributed by atoms with van der Waals surface area (Å²) in [5.74, 6) is 0.518. The Morgan fingerprint density at radius 2 is 2.14 bits per heavy atom. The molecular formula is C15H22IN3O2. The molecule has 1 aliphatic carbocycles. The van der Waals surface area contributed by atoms with Gasteiger partial charge in [0.15, 0.2) is 0 Å². The van der Waals surface area contributed by atoms with Crippen molar-refractivity contribution >= 4 is 34.0 Å². The molecule has 5 nitrogen and oxygen atoms in total. The number of nitrogens with zero attached hydrogens (tertiary/aromatic N) is 2. The van der Waals surface area contributed by atoms with Gasteiger partial charge >= 0.3 is 0 Å². The summed E-state index contributed by atoms with van der Waals surface area (Å²) in [7, 11) is 0. The number of nitro benzene ring substituents is 1. The molecule has 0 saturated heterocycles. The van der Waals surface area contributed by atoms with Gasteiger partial charge in [0.1, 0.15) is 0 Å².